The maximum atomic E-state index is 5.26. The molecule has 5 nitrogen and oxygen atoms in total. The second-order valence-corrected chi connectivity index (χ2v) is 13.7. The van der Waals surface area contributed by atoms with Gasteiger partial charge in [0.1, 0.15) is 0 Å². The lowest BCUT2D eigenvalue weighted by molar-refractivity contribution is 1.07. The quantitative estimate of drug-likeness (QED) is 0.164. The van der Waals surface area contributed by atoms with Crippen molar-refractivity contribution in [1.29, 1.82) is 0 Å². The second-order valence-electron chi connectivity index (χ2n) is 13.7. The van der Waals surface area contributed by atoms with Gasteiger partial charge in [-0.05, 0) is 50.9 Å². The molecular weight excluding hydrogens is 683 g/mol. The minimum atomic E-state index is 0.623. The molecule has 0 N–H and O–H groups in total. The summed E-state index contributed by atoms with van der Waals surface area (Å²) in [5.41, 5.74) is 9.96. The van der Waals surface area contributed by atoms with E-state index >= 15 is 0 Å². The highest BCUT2D eigenvalue weighted by Crippen LogP contribution is 2.37. The number of hydrogen-bond donors (Lipinski definition) is 0. The van der Waals surface area contributed by atoms with Crippen molar-refractivity contribution in [2.75, 3.05) is 0 Å². The second kappa shape index (κ2) is 14.3. The molecule has 0 saturated carbocycles. The summed E-state index contributed by atoms with van der Waals surface area (Å²) in [4.78, 5) is 25.2. The summed E-state index contributed by atoms with van der Waals surface area (Å²) in [6.45, 7) is 0. The minimum absolute atomic E-state index is 0.623. The molecule has 0 spiro atoms. The van der Waals surface area contributed by atoms with Crippen LogP contribution in [0.3, 0.4) is 0 Å². The van der Waals surface area contributed by atoms with Crippen molar-refractivity contribution in [2.24, 2.45) is 0 Å². The highest BCUT2D eigenvalue weighted by Gasteiger charge is 2.16. The third-order valence-electron chi connectivity index (χ3n) is 10.1. The molecular formula is C51H33N5. The molecule has 0 aliphatic rings. The van der Waals surface area contributed by atoms with Gasteiger partial charge in [0.2, 0.25) is 0 Å². The van der Waals surface area contributed by atoms with Crippen LogP contribution in [0.1, 0.15) is 0 Å². The van der Waals surface area contributed by atoms with E-state index in [-0.39, 0.29) is 0 Å². The van der Waals surface area contributed by atoms with Crippen LogP contribution in [0.2, 0.25) is 0 Å². The molecule has 0 aliphatic carbocycles. The van der Waals surface area contributed by atoms with E-state index in [1.54, 1.807) is 0 Å². The first kappa shape index (κ1) is 33.0. The number of fused-ring (bicyclic) bond motifs is 2. The summed E-state index contributed by atoms with van der Waals surface area (Å²) in [6.07, 6.45) is 0. The Kier molecular flexibility index (Phi) is 8.43. The van der Waals surface area contributed by atoms with E-state index in [4.69, 9.17) is 24.9 Å². The molecule has 0 unspecified atom stereocenters. The standard InChI is InChI=1S/C51H33N5/c1-5-15-34(16-6-1)42-29-30-45(44-24-14-13-23-43(42)44)47-33-46(35-17-7-2-8-18-35)52-50(53-47)40-27-25-39-32-41(28-26-38(39)31-40)51-55-48(36-19-9-3-10-20-36)54-49(56-51)37-21-11-4-12-22-37/h1-33H. The van der Waals surface area contributed by atoms with E-state index in [1.165, 1.54) is 16.5 Å². The smallest absolute Gasteiger partial charge is 0.164 e. The largest absolute Gasteiger partial charge is 0.228 e. The van der Waals surface area contributed by atoms with E-state index in [2.05, 4.69) is 121 Å². The number of nitrogens with zero attached hydrogens (tertiary/aromatic N) is 5. The van der Waals surface area contributed by atoms with Gasteiger partial charge in [-0.15, -0.1) is 0 Å². The first-order chi connectivity index (χ1) is 27.7. The molecule has 2 aromatic heterocycles. The highest BCUT2D eigenvalue weighted by atomic mass is 15.0. The first-order valence-corrected chi connectivity index (χ1v) is 18.7. The third-order valence-corrected chi connectivity index (χ3v) is 10.1. The number of hydrogen-bond acceptors (Lipinski definition) is 5. The van der Waals surface area contributed by atoms with E-state index in [0.717, 1.165) is 60.9 Å². The third kappa shape index (κ3) is 6.37. The maximum Gasteiger partial charge on any atom is 0.164 e. The van der Waals surface area contributed by atoms with Crippen LogP contribution in [0.5, 0.6) is 0 Å². The van der Waals surface area contributed by atoms with Crippen molar-refractivity contribution in [3.05, 3.63) is 200 Å². The van der Waals surface area contributed by atoms with E-state index < -0.39 is 0 Å². The molecule has 0 atom stereocenters. The zero-order valence-electron chi connectivity index (χ0n) is 30.3. The molecule has 8 aromatic carbocycles. The average Bonchev–Trinajstić information content (AvgIpc) is 3.29. The van der Waals surface area contributed by atoms with Gasteiger partial charge in [0, 0.05) is 33.4 Å². The van der Waals surface area contributed by atoms with Gasteiger partial charge < -0.3 is 0 Å². The monoisotopic (exact) mass is 715 g/mol. The molecule has 0 radical (unpaired) electrons. The minimum Gasteiger partial charge on any atom is -0.228 e. The molecule has 56 heavy (non-hydrogen) atoms. The Hall–Kier alpha value is -7.63. The molecule has 10 aromatic rings. The summed E-state index contributed by atoms with van der Waals surface area (Å²) in [6, 6.07) is 68.8. The lowest BCUT2D eigenvalue weighted by atomic mass is 9.93. The van der Waals surface area contributed by atoms with Gasteiger partial charge in [-0.1, -0.05) is 182 Å². The Labute approximate surface area is 324 Å². The van der Waals surface area contributed by atoms with Crippen LogP contribution in [0.25, 0.3) is 101 Å². The zero-order valence-corrected chi connectivity index (χ0v) is 30.3. The van der Waals surface area contributed by atoms with Crippen molar-refractivity contribution >= 4 is 21.5 Å². The van der Waals surface area contributed by atoms with Gasteiger partial charge in [-0.2, -0.15) is 0 Å². The maximum absolute atomic E-state index is 5.26. The molecule has 2 heterocycles. The first-order valence-electron chi connectivity index (χ1n) is 18.7. The summed E-state index contributed by atoms with van der Waals surface area (Å²) in [5.74, 6) is 2.57. The fraction of sp³-hybridized carbons (Fsp3) is 0. The summed E-state index contributed by atoms with van der Waals surface area (Å²) < 4.78 is 0. The van der Waals surface area contributed by atoms with E-state index in [1.807, 2.05) is 78.9 Å². The molecule has 0 saturated heterocycles. The van der Waals surface area contributed by atoms with Crippen LogP contribution >= 0.6 is 0 Å². The lowest BCUT2D eigenvalue weighted by Crippen LogP contribution is -2.00. The van der Waals surface area contributed by atoms with Crippen molar-refractivity contribution in [3.63, 3.8) is 0 Å². The van der Waals surface area contributed by atoms with Crippen LogP contribution in [0.15, 0.2) is 200 Å². The Morgan fingerprint density at radius 3 is 1.16 bits per heavy atom. The van der Waals surface area contributed by atoms with Crippen molar-refractivity contribution in [2.45, 2.75) is 0 Å². The van der Waals surface area contributed by atoms with Crippen molar-refractivity contribution in [1.82, 2.24) is 24.9 Å². The molecule has 0 bridgehead atoms. The summed E-state index contributed by atoms with van der Waals surface area (Å²) in [5, 5.41) is 4.47. The SMILES string of the molecule is c1ccc(-c2cc(-c3ccc(-c4ccccc4)c4ccccc34)nc(-c3ccc4cc(-c5nc(-c6ccccc6)nc(-c6ccccc6)n5)ccc4c3)n2)cc1. The van der Waals surface area contributed by atoms with Crippen molar-refractivity contribution in [3.8, 4) is 79.2 Å². The number of benzene rings is 8. The lowest BCUT2D eigenvalue weighted by Gasteiger charge is -2.14. The number of aromatic nitrogens is 5. The zero-order chi connectivity index (χ0) is 37.3. The van der Waals surface area contributed by atoms with Gasteiger partial charge in [0.05, 0.1) is 11.4 Å². The Morgan fingerprint density at radius 2 is 0.625 bits per heavy atom. The summed E-state index contributed by atoms with van der Waals surface area (Å²) >= 11 is 0. The Morgan fingerprint density at radius 1 is 0.232 bits per heavy atom. The molecule has 10 rings (SSSR count). The molecule has 0 aliphatic heterocycles. The van der Waals surface area contributed by atoms with Crippen LogP contribution in [0, 0.1) is 0 Å². The summed E-state index contributed by atoms with van der Waals surface area (Å²) in [7, 11) is 0. The van der Waals surface area contributed by atoms with E-state index in [9.17, 15) is 0 Å². The fourth-order valence-electron chi connectivity index (χ4n) is 7.32. The topological polar surface area (TPSA) is 64.5 Å². The van der Waals surface area contributed by atoms with Crippen LogP contribution in [-0.2, 0) is 0 Å². The van der Waals surface area contributed by atoms with Gasteiger partial charge in [-0.3, -0.25) is 0 Å². The van der Waals surface area contributed by atoms with Gasteiger partial charge in [-0.25, -0.2) is 24.9 Å². The van der Waals surface area contributed by atoms with Crippen LogP contribution < -0.4 is 0 Å². The van der Waals surface area contributed by atoms with E-state index in [0.29, 0.717) is 23.3 Å². The Bertz CT molecular complexity index is 2950. The number of rotatable bonds is 7. The molecule has 5 heteroatoms. The van der Waals surface area contributed by atoms with Gasteiger partial charge in [0.15, 0.2) is 23.3 Å². The van der Waals surface area contributed by atoms with Gasteiger partial charge >= 0.3 is 0 Å². The van der Waals surface area contributed by atoms with Crippen molar-refractivity contribution < 1.29 is 0 Å². The van der Waals surface area contributed by atoms with Crippen LogP contribution in [0.4, 0.5) is 0 Å². The Balaban J connectivity index is 1.08. The highest BCUT2D eigenvalue weighted by molar-refractivity contribution is 6.04. The average molecular weight is 716 g/mol. The van der Waals surface area contributed by atoms with Crippen LogP contribution in [-0.4, -0.2) is 24.9 Å². The molecule has 0 fully saturated rings. The predicted octanol–water partition coefficient (Wildman–Crippen LogP) is 12.6. The fourth-order valence-corrected chi connectivity index (χ4v) is 7.32. The normalized spacial score (nSPS) is 11.2. The molecule has 262 valence electrons. The predicted molar refractivity (Wildman–Crippen MR) is 228 cm³/mol. The molecule has 0 amide bonds. The van der Waals surface area contributed by atoms with Gasteiger partial charge in [0.25, 0.3) is 0 Å².